The number of ether oxygens (including phenoxy) is 5. The molecule has 0 aromatic rings. The monoisotopic (exact) mass is 442 g/mol. The summed E-state index contributed by atoms with van der Waals surface area (Å²) in [6.45, 7) is 0.626. The van der Waals surface area contributed by atoms with Crippen molar-refractivity contribution in [2.75, 3.05) is 20.3 Å². The minimum absolute atomic E-state index is 0.140. The molecular weight excluding hydrogens is 412 g/mol. The highest BCUT2D eigenvalue weighted by Gasteiger charge is 2.51. The van der Waals surface area contributed by atoms with Crippen molar-refractivity contribution in [1.82, 2.24) is 0 Å². The van der Waals surface area contributed by atoms with E-state index >= 15 is 0 Å². The van der Waals surface area contributed by atoms with Crippen LogP contribution in [0, 0.1) is 0 Å². The van der Waals surface area contributed by atoms with Crippen LogP contribution in [0.5, 0.6) is 0 Å². The molecule has 0 aromatic carbocycles. The van der Waals surface area contributed by atoms with Crippen LogP contribution in [0.15, 0.2) is 0 Å². The Morgan fingerprint density at radius 3 is 2.10 bits per heavy atom. The molecule has 0 spiro atoms. The topological polar surface area (TPSA) is 205 Å². The molecule has 13 heteroatoms. The Bertz CT molecular complexity index is 548. The molecule has 2 aliphatic heterocycles. The number of aliphatic hydroxyl groups excluding tert-OH is 6. The number of hydrogen-bond acceptors (Lipinski definition) is 12. The van der Waals surface area contributed by atoms with Crippen molar-refractivity contribution >= 4 is 5.97 Å². The van der Waals surface area contributed by atoms with Gasteiger partial charge >= 0.3 is 5.97 Å². The molecule has 0 radical (unpaired) electrons. The van der Waals surface area contributed by atoms with Crippen LogP contribution in [0.4, 0.5) is 0 Å². The summed E-state index contributed by atoms with van der Waals surface area (Å²) < 4.78 is 26.8. The van der Waals surface area contributed by atoms with Gasteiger partial charge in [0, 0.05) is 7.11 Å². The first kappa shape index (κ1) is 25.3. The molecule has 0 aromatic heterocycles. The van der Waals surface area contributed by atoms with E-state index in [1.165, 1.54) is 14.0 Å². The number of rotatable bonds is 9. The summed E-state index contributed by atoms with van der Waals surface area (Å²) in [5, 5.41) is 69.2. The van der Waals surface area contributed by atoms with Crippen LogP contribution < -0.4 is 0 Å². The molecule has 176 valence electrons. The van der Waals surface area contributed by atoms with E-state index in [4.69, 9.17) is 28.8 Å². The fourth-order valence-corrected chi connectivity index (χ4v) is 3.32. The Morgan fingerprint density at radius 1 is 0.933 bits per heavy atom. The second-order valence-corrected chi connectivity index (χ2v) is 7.32. The number of methoxy groups -OCH3 is 1. The molecule has 0 amide bonds. The largest absolute Gasteiger partial charge is 0.481 e. The van der Waals surface area contributed by atoms with Crippen molar-refractivity contribution in [3.8, 4) is 0 Å². The SMILES string of the molecule is COCC1O[C@@H](O[C@@H]2C(O[C@@H](C)CC(=O)O)OC(CO)[C@@H](O)C2O)[C@@H](O)C(O)[C@@H]1O. The summed E-state index contributed by atoms with van der Waals surface area (Å²) in [5.41, 5.74) is 0. The van der Waals surface area contributed by atoms with Crippen molar-refractivity contribution in [2.24, 2.45) is 0 Å². The summed E-state index contributed by atoms with van der Waals surface area (Å²) >= 11 is 0. The Balaban J connectivity index is 2.19. The highest BCUT2D eigenvalue weighted by Crippen LogP contribution is 2.30. The third-order valence-electron chi connectivity index (χ3n) is 4.94. The zero-order valence-electron chi connectivity index (χ0n) is 16.6. The third kappa shape index (κ3) is 5.83. The molecule has 2 rings (SSSR count). The number of aliphatic hydroxyl groups is 6. The van der Waals surface area contributed by atoms with Gasteiger partial charge in [0.15, 0.2) is 12.6 Å². The summed E-state index contributed by atoms with van der Waals surface area (Å²) in [6.07, 6.45) is -16.3. The number of hydrogen-bond donors (Lipinski definition) is 7. The van der Waals surface area contributed by atoms with E-state index in [0.29, 0.717) is 0 Å². The van der Waals surface area contributed by atoms with Gasteiger partial charge in [-0.15, -0.1) is 0 Å². The van der Waals surface area contributed by atoms with Crippen LogP contribution >= 0.6 is 0 Å². The lowest BCUT2D eigenvalue weighted by atomic mass is 9.97. The first-order chi connectivity index (χ1) is 14.1. The van der Waals surface area contributed by atoms with Gasteiger partial charge in [0.2, 0.25) is 0 Å². The Kier molecular flexibility index (Phi) is 9.32. The van der Waals surface area contributed by atoms with E-state index in [1.54, 1.807) is 0 Å². The van der Waals surface area contributed by atoms with Gasteiger partial charge in [-0.3, -0.25) is 4.79 Å². The molecule has 5 unspecified atom stereocenters. The maximum absolute atomic E-state index is 10.9. The predicted molar refractivity (Wildman–Crippen MR) is 94.0 cm³/mol. The standard InChI is InChI=1S/C17H30O13/c1-6(3-9(19)20)27-17-15(13(24)10(21)7(4-18)28-17)30-16-14(25)12(23)11(22)8(29-16)5-26-2/h6-8,10-18,21-25H,3-5H2,1-2H3,(H,19,20)/t6-,7?,8?,10+,11+,12?,13?,14-,15-,16-,17?/m0/s1. The molecule has 2 fully saturated rings. The molecule has 2 aliphatic rings. The number of aliphatic carboxylic acids is 1. The predicted octanol–water partition coefficient (Wildman–Crippen LogP) is -3.86. The van der Waals surface area contributed by atoms with Crippen LogP contribution in [0.25, 0.3) is 0 Å². The average molecular weight is 442 g/mol. The smallest absolute Gasteiger partial charge is 0.305 e. The minimum atomic E-state index is -1.73. The van der Waals surface area contributed by atoms with Crippen molar-refractivity contribution < 1.29 is 64.2 Å². The number of carboxylic acid groups (broad SMARTS) is 1. The van der Waals surface area contributed by atoms with Crippen molar-refractivity contribution in [3.63, 3.8) is 0 Å². The van der Waals surface area contributed by atoms with Gasteiger partial charge in [-0.25, -0.2) is 0 Å². The van der Waals surface area contributed by atoms with Crippen molar-refractivity contribution in [3.05, 3.63) is 0 Å². The average Bonchev–Trinajstić information content (AvgIpc) is 2.68. The summed E-state index contributed by atoms with van der Waals surface area (Å²) in [5.74, 6) is -1.15. The Labute approximate surface area is 172 Å². The van der Waals surface area contributed by atoms with E-state index in [2.05, 4.69) is 0 Å². The lowest BCUT2D eigenvalue weighted by molar-refractivity contribution is -0.371. The first-order valence-electron chi connectivity index (χ1n) is 9.44. The molecule has 30 heavy (non-hydrogen) atoms. The first-order valence-corrected chi connectivity index (χ1v) is 9.44. The second kappa shape index (κ2) is 11.1. The van der Waals surface area contributed by atoms with Crippen LogP contribution in [-0.4, -0.2) is 130 Å². The fourth-order valence-electron chi connectivity index (χ4n) is 3.32. The van der Waals surface area contributed by atoms with Crippen molar-refractivity contribution in [2.45, 2.75) is 80.9 Å². The molecule has 13 nitrogen and oxygen atoms in total. The van der Waals surface area contributed by atoms with Gasteiger partial charge in [-0.2, -0.15) is 0 Å². The maximum atomic E-state index is 10.9. The second-order valence-electron chi connectivity index (χ2n) is 7.32. The fraction of sp³-hybridized carbons (Fsp3) is 0.941. The van der Waals surface area contributed by atoms with Crippen LogP contribution in [0.1, 0.15) is 13.3 Å². The number of carboxylic acids is 1. The normalized spacial score (nSPS) is 43.3. The van der Waals surface area contributed by atoms with Gasteiger partial charge in [-0.05, 0) is 6.92 Å². The third-order valence-corrected chi connectivity index (χ3v) is 4.94. The van der Waals surface area contributed by atoms with E-state index < -0.39 is 86.5 Å². The Hall–Kier alpha value is -0.970. The van der Waals surface area contributed by atoms with Gasteiger partial charge in [-0.1, -0.05) is 0 Å². The zero-order valence-corrected chi connectivity index (χ0v) is 16.6. The summed E-state index contributed by atoms with van der Waals surface area (Å²) in [6, 6.07) is 0. The molecule has 2 saturated heterocycles. The molecule has 7 N–H and O–H groups in total. The molecular formula is C17H30O13. The van der Waals surface area contributed by atoms with E-state index in [0.717, 1.165) is 0 Å². The number of carbonyl (C=O) groups is 1. The highest BCUT2D eigenvalue weighted by atomic mass is 16.8. The molecule has 0 bridgehead atoms. The molecule has 2 heterocycles. The van der Waals surface area contributed by atoms with Gasteiger partial charge < -0.3 is 59.4 Å². The lowest BCUT2D eigenvalue weighted by Gasteiger charge is -2.46. The Morgan fingerprint density at radius 2 is 1.53 bits per heavy atom. The molecule has 11 atom stereocenters. The van der Waals surface area contributed by atoms with Crippen LogP contribution in [-0.2, 0) is 28.5 Å². The summed E-state index contributed by atoms with van der Waals surface area (Å²) in [7, 11) is 1.33. The highest BCUT2D eigenvalue weighted by molar-refractivity contribution is 5.67. The van der Waals surface area contributed by atoms with Crippen LogP contribution in [0.3, 0.4) is 0 Å². The summed E-state index contributed by atoms with van der Waals surface area (Å²) in [4.78, 5) is 10.9. The van der Waals surface area contributed by atoms with Gasteiger partial charge in [0.05, 0.1) is 25.7 Å². The molecule has 0 saturated carbocycles. The van der Waals surface area contributed by atoms with E-state index in [1.807, 2.05) is 0 Å². The minimum Gasteiger partial charge on any atom is -0.481 e. The van der Waals surface area contributed by atoms with Gasteiger partial charge in [0.25, 0.3) is 0 Å². The van der Waals surface area contributed by atoms with Gasteiger partial charge in [0.1, 0.15) is 48.8 Å². The lowest BCUT2D eigenvalue weighted by Crippen LogP contribution is -2.65. The van der Waals surface area contributed by atoms with Crippen molar-refractivity contribution in [1.29, 1.82) is 0 Å². The maximum Gasteiger partial charge on any atom is 0.305 e. The quantitative estimate of drug-likeness (QED) is 0.183. The molecule has 0 aliphatic carbocycles. The van der Waals surface area contributed by atoms with Crippen LogP contribution in [0.2, 0.25) is 0 Å². The van der Waals surface area contributed by atoms with E-state index in [-0.39, 0.29) is 6.61 Å². The van der Waals surface area contributed by atoms with E-state index in [9.17, 15) is 35.4 Å². The zero-order chi connectivity index (χ0) is 22.6.